The first-order chi connectivity index (χ1) is 8.06. The maximum atomic E-state index is 13.3. The Bertz CT molecular complexity index is 429. The molecule has 2 rings (SSSR count). The molecule has 0 radical (unpaired) electrons. The van der Waals surface area contributed by atoms with Gasteiger partial charge in [0.25, 0.3) is 5.91 Å². The Morgan fingerprint density at radius 3 is 2.82 bits per heavy atom. The van der Waals surface area contributed by atoms with E-state index in [9.17, 15) is 9.18 Å². The Morgan fingerprint density at radius 1 is 1.53 bits per heavy atom. The normalized spacial score (nSPS) is 16.4. The fourth-order valence-electron chi connectivity index (χ4n) is 1.45. The van der Waals surface area contributed by atoms with Crippen molar-refractivity contribution in [3.8, 4) is 5.75 Å². The first kappa shape index (κ1) is 11.9. The molecule has 1 saturated carbocycles. The summed E-state index contributed by atoms with van der Waals surface area (Å²) in [6.07, 6.45) is 1.48. The number of halogens is 1. The molecular formula is C13H16FNO2. The number of aryl methyl sites for hydroxylation is 1. The summed E-state index contributed by atoms with van der Waals surface area (Å²) in [5.74, 6) is -0.0858. The maximum Gasteiger partial charge on any atom is 0.260 e. The summed E-state index contributed by atoms with van der Waals surface area (Å²) in [7, 11) is 0. The number of hydrogen-bond acceptors (Lipinski definition) is 2. The van der Waals surface area contributed by atoms with E-state index in [1.165, 1.54) is 6.07 Å². The quantitative estimate of drug-likeness (QED) is 0.871. The van der Waals surface area contributed by atoms with Gasteiger partial charge in [-0.3, -0.25) is 4.79 Å². The molecule has 0 bridgehead atoms. The third kappa shape index (κ3) is 3.19. The molecule has 4 heteroatoms. The van der Waals surface area contributed by atoms with Crippen LogP contribution < -0.4 is 10.1 Å². The van der Waals surface area contributed by atoms with E-state index in [-0.39, 0.29) is 11.7 Å². The third-order valence-electron chi connectivity index (χ3n) is 2.75. The summed E-state index contributed by atoms with van der Waals surface area (Å²) >= 11 is 0. The van der Waals surface area contributed by atoms with Gasteiger partial charge >= 0.3 is 0 Å². The number of ether oxygens (including phenoxy) is 1. The van der Waals surface area contributed by atoms with Gasteiger partial charge in [0.2, 0.25) is 0 Å². The van der Waals surface area contributed by atoms with Crippen LogP contribution >= 0.6 is 0 Å². The molecule has 0 heterocycles. The number of nitrogens with one attached hydrogen (secondary N) is 1. The molecule has 1 amide bonds. The molecule has 0 aromatic heterocycles. The Labute approximate surface area is 100.0 Å². The molecule has 1 N–H and O–H groups in total. The number of hydrogen-bond donors (Lipinski definition) is 1. The van der Waals surface area contributed by atoms with E-state index in [4.69, 9.17) is 4.74 Å². The number of carbonyl (C=O) groups is 1. The number of amides is 1. The zero-order chi connectivity index (χ0) is 12.4. The Hall–Kier alpha value is -1.58. The summed E-state index contributed by atoms with van der Waals surface area (Å²) in [4.78, 5) is 11.6. The van der Waals surface area contributed by atoms with Crippen molar-refractivity contribution < 1.29 is 13.9 Å². The molecule has 0 saturated heterocycles. The average Bonchev–Trinajstić information content (AvgIpc) is 3.07. The Morgan fingerprint density at radius 2 is 2.24 bits per heavy atom. The molecule has 1 aliphatic carbocycles. The van der Waals surface area contributed by atoms with Gasteiger partial charge in [0.15, 0.2) is 6.10 Å². The molecule has 1 fully saturated rings. The van der Waals surface area contributed by atoms with E-state index in [1.54, 1.807) is 26.0 Å². The van der Waals surface area contributed by atoms with E-state index in [2.05, 4.69) is 5.32 Å². The first-order valence-corrected chi connectivity index (χ1v) is 5.79. The monoisotopic (exact) mass is 237 g/mol. The number of carbonyl (C=O) groups excluding carboxylic acids is 1. The predicted molar refractivity (Wildman–Crippen MR) is 62.4 cm³/mol. The highest BCUT2D eigenvalue weighted by Gasteiger charge is 2.26. The smallest absolute Gasteiger partial charge is 0.260 e. The molecule has 3 nitrogen and oxygen atoms in total. The van der Waals surface area contributed by atoms with Crippen LogP contribution in [0.4, 0.5) is 4.39 Å². The molecule has 1 atom stereocenters. The second-order valence-corrected chi connectivity index (χ2v) is 4.45. The van der Waals surface area contributed by atoms with Crippen molar-refractivity contribution in [1.82, 2.24) is 5.32 Å². The molecule has 1 aromatic rings. The minimum atomic E-state index is -0.599. The minimum absolute atomic E-state index is 0.145. The number of rotatable bonds is 4. The van der Waals surface area contributed by atoms with E-state index in [0.29, 0.717) is 17.4 Å². The zero-order valence-electron chi connectivity index (χ0n) is 10.00. The van der Waals surface area contributed by atoms with Crippen LogP contribution in [0.3, 0.4) is 0 Å². The molecule has 1 aliphatic rings. The van der Waals surface area contributed by atoms with Crippen LogP contribution in [0, 0.1) is 12.7 Å². The van der Waals surface area contributed by atoms with E-state index in [1.807, 2.05) is 0 Å². The maximum absolute atomic E-state index is 13.3. The molecule has 0 spiro atoms. The van der Waals surface area contributed by atoms with Gasteiger partial charge in [0.1, 0.15) is 11.6 Å². The molecular weight excluding hydrogens is 221 g/mol. The van der Waals surface area contributed by atoms with E-state index < -0.39 is 6.10 Å². The predicted octanol–water partition coefficient (Wildman–Crippen LogP) is 2.18. The van der Waals surface area contributed by atoms with E-state index in [0.717, 1.165) is 12.8 Å². The lowest BCUT2D eigenvalue weighted by Crippen LogP contribution is -2.37. The van der Waals surface area contributed by atoms with Crippen molar-refractivity contribution >= 4 is 5.91 Å². The highest BCUT2D eigenvalue weighted by molar-refractivity contribution is 5.81. The summed E-state index contributed by atoms with van der Waals surface area (Å²) < 4.78 is 18.7. The lowest BCUT2D eigenvalue weighted by Gasteiger charge is -2.14. The molecule has 0 aliphatic heterocycles. The molecule has 92 valence electrons. The van der Waals surface area contributed by atoms with Crippen molar-refractivity contribution in [2.45, 2.75) is 38.8 Å². The SMILES string of the molecule is Cc1ccc(OC(C)C(=O)NC2CC2)cc1F. The van der Waals surface area contributed by atoms with Crippen LogP contribution in [-0.2, 0) is 4.79 Å². The van der Waals surface area contributed by atoms with Gasteiger partial charge in [-0.2, -0.15) is 0 Å². The van der Waals surface area contributed by atoms with Gasteiger partial charge in [-0.25, -0.2) is 4.39 Å². The summed E-state index contributed by atoms with van der Waals surface area (Å²) in [5.41, 5.74) is 0.562. The van der Waals surface area contributed by atoms with Crippen molar-refractivity contribution in [2.75, 3.05) is 0 Å². The fraction of sp³-hybridized carbons (Fsp3) is 0.462. The van der Waals surface area contributed by atoms with Crippen molar-refractivity contribution in [3.63, 3.8) is 0 Å². The lowest BCUT2D eigenvalue weighted by atomic mass is 10.2. The minimum Gasteiger partial charge on any atom is -0.481 e. The number of benzene rings is 1. The van der Waals surface area contributed by atoms with Crippen molar-refractivity contribution in [3.05, 3.63) is 29.6 Å². The first-order valence-electron chi connectivity index (χ1n) is 5.79. The zero-order valence-corrected chi connectivity index (χ0v) is 10.00. The second-order valence-electron chi connectivity index (χ2n) is 4.45. The third-order valence-corrected chi connectivity index (χ3v) is 2.75. The molecule has 17 heavy (non-hydrogen) atoms. The second kappa shape index (κ2) is 4.73. The fourth-order valence-corrected chi connectivity index (χ4v) is 1.45. The van der Waals surface area contributed by atoms with Crippen LogP contribution in [0.1, 0.15) is 25.3 Å². The highest BCUT2D eigenvalue weighted by Crippen LogP contribution is 2.20. The summed E-state index contributed by atoms with van der Waals surface area (Å²) in [6, 6.07) is 4.91. The Balaban J connectivity index is 1.94. The lowest BCUT2D eigenvalue weighted by molar-refractivity contribution is -0.127. The summed E-state index contributed by atoms with van der Waals surface area (Å²) in [5, 5.41) is 2.84. The van der Waals surface area contributed by atoms with Crippen LogP contribution in [0.5, 0.6) is 5.75 Å². The van der Waals surface area contributed by atoms with Gasteiger partial charge in [0, 0.05) is 12.1 Å². The average molecular weight is 237 g/mol. The van der Waals surface area contributed by atoms with Crippen LogP contribution in [0.25, 0.3) is 0 Å². The highest BCUT2D eigenvalue weighted by atomic mass is 19.1. The van der Waals surface area contributed by atoms with Crippen molar-refractivity contribution in [1.29, 1.82) is 0 Å². The van der Waals surface area contributed by atoms with E-state index >= 15 is 0 Å². The largest absolute Gasteiger partial charge is 0.481 e. The van der Waals surface area contributed by atoms with Crippen LogP contribution in [0.15, 0.2) is 18.2 Å². The standard InChI is InChI=1S/C13H16FNO2/c1-8-3-6-11(7-12(8)14)17-9(2)13(16)15-10-4-5-10/h3,6-7,9-10H,4-5H2,1-2H3,(H,15,16). The van der Waals surface area contributed by atoms with Crippen LogP contribution in [-0.4, -0.2) is 18.1 Å². The van der Waals surface area contributed by atoms with Gasteiger partial charge in [0.05, 0.1) is 0 Å². The van der Waals surface area contributed by atoms with Gasteiger partial charge in [-0.05, 0) is 38.3 Å². The van der Waals surface area contributed by atoms with Gasteiger partial charge in [-0.15, -0.1) is 0 Å². The van der Waals surface area contributed by atoms with Crippen molar-refractivity contribution in [2.24, 2.45) is 0 Å². The molecule has 1 unspecified atom stereocenters. The summed E-state index contributed by atoms with van der Waals surface area (Å²) in [6.45, 7) is 3.35. The Kier molecular flexibility index (Phi) is 3.31. The topological polar surface area (TPSA) is 38.3 Å². The van der Waals surface area contributed by atoms with Gasteiger partial charge in [-0.1, -0.05) is 6.07 Å². The van der Waals surface area contributed by atoms with Crippen LogP contribution in [0.2, 0.25) is 0 Å². The molecule has 1 aromatic carbocycles. The van der Waals surface area contributed by atoms with Gasteiger partial charge < -0.3 is 10.1 Å².